The minimum atomic E-state index is -3.54. The van der Waals surface area contributed by atoms with Crippen LogP contribution >= 0.6 is 0 Å². The fourth-order valence-electron chi connectivity index (χ4n) is 3.22. The largest absolute Gasteiger partial charge is 0.454 e. The standard InChI is InChI=1S/C20H23N5O4S/c1-23-11-13-25(14-12-23)30(27,28)18-6-3-16(4-7-18)22-20(26)19-8-5-17(29-19)15-24-10-2-9-21-24/h2-10H,11-15H2,1H3,(H,22,26). The van der Waals surface area contributed by atoms with Crippen LogP contribution in [0.3, 0.4) is 0 Å². The van der Waals surface area contributed by atoms with Crippen LogP contribution in [-0.4, -0.2) is 66.5 Å². The molecule has 30 heavy (non-hydrogen) atoms. The number of rotatable bonds is 6. The second kappa shape index (κ2) is 8.42. The van der Waals surface area contributed by atoms with Crippen LogP contribution in [0.2, 0.25) is 0 Å². The van der Waals surface area contributed by atoms with E-state index < -0.39 is 15.9 Å². The van der Waals surface area contributed by atoms with E-state index >= 15 is 0 Å². The lowest BCUT2D eigenvalue weighted by atomic mass is 10.3. The average Bonchev–Trinajstić information content (AvgIpc) is 3.41. The molecule has 10 heteroatoms. The van der Waals surface area contributed by atoms with Crippen molar-refractivity contribution in [2.24, 2.45) is 0 Å². The van der Waals surface area contributed by atoms with Crippen molar-refractivity contribution in [1.82, 2.24) is 19.0 Å². The Morgan fingerprint density at radius 2 is 1.83 bits per heavy atom. The zero-order valence-electron chi connectivity index (χ0n) is 16.6. The highest BCUT2D eigenvalue weighted by atomic mass is 32.2. The topological polar surface area (TPSA) is 101 Å². The summed E-state index contributed by atoms with van der Waals surface area (Å²) in [4.78, 5) is 14.7. The van der Waals surface area contributed by atoms with E-state index in [0.717, 1.165) is 0 Å². The van der Waals surface area contributed by atoms with Crippen molar-refractivity contribution in [3.8, 4) is 0 Å². The van der Waals surface area contributed by atoms with Crippen LogP contribution in [0.1, 0.15) is 16.3 Å². The van der Waals surface area contributed by atoms with E-state index in [4.69, 9.17) is 4.42 Å². The maximum Gasteiger partial charge on any atom is 0.291 e. The Balaban J connectivity index is 1.40. The van der Waals surface area contributed by atoms with Crippen molar-refractivity contribution in [3.05, 3.63) is 66.4 Å². The number of hydrogen-bond acceptors (Lipinski definition) is 6. The van der Waals surface area contributed by atoms with E-state index in [9.17, 15) is 13.2 Å². The molecule has 1 aliphatic heterocycles. The number of piperazine rings is 1. The maximum absolute atomic E-state index is 12.8. The van der Waals surface area contributed by atoms with Crippen LogP contribution in [0.15, 0.2) is 64.2 Å². The Bertz CT molecular complexity index is 1100. The predicted octanol–water partition coefficient (Wildman–Crippen LogP) is 1.71. The molecule has 0 atom stereocenters. The number of furan rings is 1. The van der Waals surface area contributed by atoms with Gasteiger partial charge in [-0.05, 0) is 49.5 Å². The molecule has 1 amide bonds. The number of likely N-dealkylation sites (N-methyl/N-ethyl adjacent to an activating group) is 1. The van der Waals surface area contributed by atoms with Gasteiger partial charge >= 0.3 is 0 Å². The number of nitrogens with one attached hydrogen (secondary N) is 1. The zero-order valence-corrected chi connectivity index (χ0v) is 17.4. The highest BCUT2D eigenvalue weighted by molar-refractivity contribution is 7.89. The van der Waals surface area contributed by atoms with Crippen LogP contribution in [0.25, 0.3) is 0 Å². The summed E-state index contributed by atoms with van der Waals surface area (Å²) in [7, 11) is -1.56. The van der Waals surface area contributed by atoms with Gasteiger partial charge < -0.3 is 14.6 Å². The second-order valence-electron chi connectivity index (χ2n) is 7.16. The quantitative estimate of drug-likeness (QED) is 0.640. The minimum Gasteiger partial charge on any atom is -0.454 e. The molecule has 0 bridgehead atoms. The van der Waals surface area contributed by atoms with Crippen molar-refractivity contribution in [3.63, 3.8) is 0 Å². The number of nitrogens with zero attached hydrogens (tertiary/aromatic N) is 4. The van der Waals surface area contributed by atoms with Gasteiger partial charge in [0, 0.05) is 44.3 Å². The van der Waals surface area contributed by atoms with E-state index in [2.05, 4.69) is 15.3 Å². The molecule has 9 nitrogen and oxygen atoms in total. The third-order valence-electron chi connectivity index (χ3n) is 4.97. The Labute approximate surface area is 174 Å². The SMILES string of the molecule is CN1CCN(S(=O)(=O)c2ccc(NC(=O)c3ccc(Cn4cccn4)o3)cc2)CC1. The monoisotopic (exact) mass is 429 g/mol. The molecule has 0 radical (unpaired) electrons. The van der Waals surface area contributed by atoms with Crippen LogP contribution in [-0.2, 0) is 16.6 Å². The zero-order chi connectivity index (χ0) is 21.1. The van der Waals surface area contributed by atoms with Gasteiger partial charge in [-0.3, -0.25) is 9.48 Å². The molecule has 1 N–H and O–H groups in total. The summed E-state index contributed by atoms with van der Waals surface area (Å²) in [6.45, 7) is 2.78. The van der Waals surface area contributed by atoms with E-state index in [1.54, 1.807) is 41.3 Å². The van der Waals surface area contributed by atoms with Gasteiger partial charge in [-0.25, -0.2) is 8.42 Å². The molecule has 0 spiro atoms. The number of hydrogen-bond donors (Lipinski definition) is 1. The maximum atomic E-state index is 12.8. The molecule has 0 unspecified atom stereocenters. The number of amides is 1. The summed E-state index contributed by atoms with van der Waals surface area (Å²) in [5.74, 6) is 0.375. The first kappa shape index (κ1) is 20.3. The van der Waals surface area contributed by atoms with Crippen LogP contribution < -0.4 is 5.32 Å². The number of aromatic nitrogens is 2. The summed E-state index contributed by atoms with van der Waals surface area (Å²) in [5, 5.41) is 6.82. The normalized spacial score (nSPS) is 15.9. The van der Waals surface area contributed by atoms with Gasteiger partial charge in [-0.15, -0.1) is 0 Å². The van der Waals surface area contributed by atoms with Gasteiger partial charge in [-0.2, -0.15) is 9.40 Å². The molecule has 1 fully saturated rings. The molecular formula is C20H23N5O4S. The van der Waals surface area contributed by atoms with E-state index in [1.807, 2.05) is 13.1 Å². The molecule has 2 aromatic heterocycles. The Morgan fingerprint density at radius 1 is 1.10 bits per heavy atom. The summed E-state index contributed by atoms with van der Waals surface area (Å²) in [6.07, 6.45) is 3.48. The molecule has 3 heterocycles. The Kier molecular flexibility index (Phi) is 5.71. The number of carbonyl (C=O) groups excluding carboxylic acids is 1. The first-order valence-corrected chi connectivity index (χ1v) is 11.0. The summed E-state index contributed by atoms with van der Waals surface area (Å²) >= 11 is 0. The number of carbonyl (C=O) groups is 1. The average molecular weight is 430 g/mol. The molecule has 3 aromatic rings. The third-order valence-corrected chi connectivity index (χ3v) is 6.89. The lowest BCUT2D eigenvalue weighted by Gasteiger charge is -2.31. The molecule has 1 saturated heterocycles. The van der Waals surface area contributed by atoms with Crippen LogP contribution in [0.4, 0.5) is 5.69 Å². The number of anilines is 1. The molecule has 1 aliphatic rings. The van der Waals surface area contributed by atoms with Gasteiger partial charge in [0.2, 0.25) is 10.0 Å². The van der Waals surface area contributed by atoms with Crippen molar-refractivity contribution in [2.75, 3.05) is 38.5 Å². The number of benzene rings is 1. The highest BCUT2D eigenvalue weighted by Gasteiger charge is 2.27. The highest BCUT2D eigenvalue weighted by Crippen LogP contribution is 2.20. The first-order chi connectivity index (χ1) is 14.4. The summed E-state index contributed by atoms with van der Waals surface area (Å²) in [6, 6.07) is 11.3. The lowest BCUT2D eigenvalue weighted by Crippen LogP contribution is -2.46. The molecule has 4 rings (SSSR count). The van der Waals surface area contributed by atoms with Crippen molar-refractivity contribution in [1.29, 1.82) is 0 Å². The van der Waals surface area contributed by atoms with Crippen molar-refractivity contribution >= 4 is 21.6 Å². The molecular weight excluding hydrogens is 406 g/mol. The van der Waals surface area contributed by atoms with Crippen molar-refractivity contribution < 1.29 is 17.6 Å². The van der Waals surface area contributed by atoms with Crippen LogP contribution in [0, 0.1) is 0 Å². The van der Waals surface area contributed by atoms with E-state index in [0.29, 0.717) is 44.2 Å². The van der Waals surface area contributed by atoms with Crippen molar-refractivity contribution in [2.45, 2.75) is 11.4 Å². The fraction of sp³-hybridized carbons (Fsp3) is 0.300. The Hall–Kier alpha value is -2.95. The summed E-state index contributed by atoms with van der Waals surface area (Å²) in [5.41, 5.74) is 0.488. The first-order valence-electron chi connectivity index (χ1n) is 9.58. The summed E-state index contributed by atoms with van der Waals surface area (Å²) < 4.78 is 34.3. The number of sulfonamides is 1. The fourth-order valence-corrected chi connectivity index (χ4v) is 4.64. The van der Waals surface area contributed by atoms with Gasteiger partial charge in [0.05, 0.1) is 11.4 Å². The van der Waals surface area contributed by atoms with Gasteiger partial charge in [-0.1, -0.05) is 0 Å². The minimum absolute atomic E-state index is 0.172. The van der Waals surface area contributed by atoms with E-state index in [-0.39, 0.29) is 10.7 Å². The lowest BCUT2D eigenvalue weighted by molar-refractivity contribution is 0.0994. The molecule has 158 valence electrons. The smallest absolute Gasteiger partial charge is 0.291 e. The molecule has 1 aromatic carbocycles. The Morgan fingerprint density at radius 3 is 2.50 bits per heavy atom. The van der Waals surface area contributed by atoms with Gasteiger partial charge in [0.15, 0.2) is 5.76 Å². The van der Waals surface area contributed by atoms with Gasteiger partial charge in [0.25, 0.3) is 5.91 Å². The second-order valence-corrected chi connectivity index (χ2v) is 9.09. The van der Waals surface area contributed by atoms with E-state index in [1.165, 1.54) is 16.4 Å². The predicted molar refractivity (Wildman–Crippen MR) is 111 cm³/mol. The third kappa shape index (κ3) is 4.45. The molecule has 0 saturated carbocycles. The van der Waals surface area contributed by atoms with Crippen LogP contribution in [0.5, 0.6) is 0 Å². The van der Waals surface area contributed by atoms with Gasteiger partial charge in [0.1, 0.15) is 5.76 Å². The molecule has 0 aliphatic carbocycles.